The van der Waals surface area contributed by atoms with Crippen molar-refractivity contribution in [2.75, 3.05) is 7.11 Å². The van der Waals surface area contributed by atoms with Crippen molar-refractivity contribution in [3.05, 3.63) is 29.8 Å². The Morgan fingerprint density at radius 3 is 2.53 bits per heavy atom. The van der Waals surface area contributed by atoms with Crippen LogP contribution in [0.2, 0.25) is 0 Å². The van der Waals surface area contributed by atoms with Gasteiger partial charge in [0, 0.05) is 12.5 Å². The molecule has 1 amide bonds. The standard InChI is InChI=1S/C15H20N2O2/c1-4-11(2)17-15(18)9-13(10-16)12-5-7-14(19-3)8-6-12/h5-8,11,13H,4,9H2,1-3H3,(H,17,18). The SMILES string of the molecule is CCC(C)NC(=O)CC(C#N)c1ccc(OC)cc1. The number of amides is 1. The van der Waals surface area contributed by atoms with E-state index in [1.807, 2.05) is 26.0 Å². The zero-order chi connectivity index (χ0) is 14.3. The molecule has 1 N–H and O–H groups in total. The van der Waals surface area contributed by atoms with E-state index in [0.717, 1.165) is 17.7 Å². The Bertz CT molecular complexity index is 448. The minimum Gasteiger partial charge on any atom is -0.497 e. The highest BCUT2D eigenvalue weighted by Crippen LogP contribution is 2.21. The van der Waals surface area contributed by atoms with Gasteiger partial charge in [0.25, 0.3) is 0 Å². The Balaban J connectivity index is 2.67. The minimum atomic E-state index is -0.421. The van der Waals surface area contributed by atoms with E-state index >= 15 is 0 Å². The van der Waals surface area contributed by atoms with E-state index in [9.17, 15) is 10.1 Å². The fourth-order valence-corrected chi connectivity index (χ4v) is 1.70. The van der Waals surface area contributed by atoms with E-state index in [-0.39, 0.29) is 18.4 Å². The van der Waals surface area contributed by atoms with Crippen LogP contribution < -0.4 is 10.1 Å². The van der Waals surface area contributed by atoms with Crippen molar-refractivity contribution in [2.24, 2.45) is 0 Å². The molecule has 0 spiro atoms. The molecule has 102 valence electrons. The van der Waals surface area contributed by atoms with Crippen molar-refractivity contribution < 1.29 is 9.53 Å². The largest absolute Gasteiger partial charge is 0.497 e. The highest BCUT2D eigenvalue weighted by atomic mass is 16.5. The lowest BCUT2D eigenvalue weighted by atomic mass is 9.96. The first-order chi connectivity index (χ1) is 9.10. The van der Waals surface area contributed by atoms with Crippen molar-refractivity contribution in [3.8, 4) is 11.8 Å². The topological polar surface area (TPSA) is 62.1 Å². The van der Waals surface area contributed by atoms with E-state index in [4.69, 9.17) is 4.74 Å². The van der Waals surface area contributed by atoms with E-state index < -0.39 is 5.92 Å². The predicted molar refractivity (Wildman–Crippen MR) is 73.9 cm³/mol. The molecular weight excluding hydrogens is 240 g/mol. The van der Waals surface area contributed by atoms with Crippen molar-refractivity contribution in [3.63, 3.8) is 0 Å². The van der Waals surface area contributed by atoms with Gasteiger partial charge in [0.2, 0.25) is 5.91 Å². The fraction of sp³-hybridized carbons (Fsp3) is 0.467. The third kappa shape index (κ3) is 4.63. The van der Waals surface area contributed by atoms with E-state index in [1.165, 1.54) is 0 Å². The van der Waals surface area contributed by atoms with Crippen LogP contribution in [0.3, 0.4) is 0 Å². The summed E-state index contributed by atoms with van der Waals surface area (Å²) in [6.07, 6.45) is 1.07. The second-order valence-corrected chi connectivity index (χ2v) is 4.54. The number of methoxy groups -OCH3 is 1. The Morgan fingerprint density at radius 1 is 1.42 bits per heavy atom. The molecule has 0 fully saturated rings. The number of benzene rings is 1. The van der Waals surface area contributed by atoms with Crippen molar-refractivity contribution in [2.45, 2.75) is 38.6 Å². The fourth-order valence-electron chi connectivity index (χ4n) is 1.70. The van der Waals surface area contributed by atoms with Crippen molar-refractivity contribution in [1.29, 1.82) is 5.26 Å². The maximum absolute atomic E-state index is 11.8. The number of carbonyl (C=O) groups excluding carboxylic acids is 1. The first-order valence-corrected chi connectivity index (χ1v) is 6.43. The van der Waals surface area contributed by atoms with Crippen LogP contribution in [0.1, 0.15) is 38.2 Å². The van der Waals surface area contributed by atoms with E-state index in [0.29, 0.717) is 0 Å². The van der Waals surface area contributed by atoms with Crippen LogP contribution in [-0.4, -0.2) is 19.1 Å². The number of ether oxygens (including phenoxy) is 1. The summed E-state index contributed by atoms with van der Waals surface area (Å²) in [4.78, 5) is 11.8. The summed E-state index contributed by atoms with van der Waals surface area (Å²) >= 11 is 0. The molecule has 0 heterocycles. The average Bonchev–Trinajstić information content (AvgIpc) is 2.44. The van der Waals surface area contributed by atoms with Crippen molar-refractivity contribution in [1.82, 2.24) is 5.32 Å². The van der Waals surface area contributed by atoms with Crippen LogP contribution in [0.5, 0.6) is 5.75 Å². The Kier molecular flexibility index (Phi) is 5.87. The molecule has 1 rings (SSSR count). The molecule has 1 aromatic carbocycles. The van der Waals surface area contributed by atoms with E-state index in [1.54, 1.807) is 19.2 Å². The quantitative estimate of drug-likeness (QED) is 0.855. The summed E-state index contributed by atoms with van der Waals surface area (Å²) in [7, 11) is 1.59. The van der Waals surface area contributed by atoms with Gasteiger partial charge < -0.3 is 10.1 Å². The van der Waals surface area contributed by atoms with Crippen LogP contribution in [0.25, 0.3) is 0 Å². The number of nitrogens with one attached hydrogen (secondary N) is 1. The van der Waals surface area contributed by atoms with Gasteiger partial charge in [0.15, 0.2) is 0 Å². The summed E-state index contributed by atoms with van der Waals surface area (Å²) in [5.74, 6) is 0.233. The third-order valence-corrected chi connectivity index (χ3v) is 3.08. The van der Waals surface area contributed by atoms with Gasteiger partial charge in [-0.25, -0.2) is 0 Å². The third-order valence-electron chi connectivity index (χ3n) is 3.08. The molecule has 4 nitrogen and oxygen atoms in total. The Labute approximate surface area is 114 Å². The van der Waals surface area contributed by atoms with Gasteiger partial charge in [0.1, 0.15) is 5.75 Å². The Hall–Kier alpha value is -2.02. The van der Waals surface area contributed by atoms with Crippen LogP contribution in [0.4, 0.5) is 0 Å². The van der Waals surface area contributed by atoms with Gasteiger partial charge in [-0.1, -0.05) is 19.1 Å². The zero-order valence-electron chi connectivity index (χ0n) is 11.6. The molecule has 0 bridgehead atoms. The number of rotatable bonds is 6. The first-order valence-electron chi connectivity index (χ1n) is 6.43. The number of nitrogens with zero attached hydrogens (tertiary/aromatic N) is 1. The molecule has 0 aliphatic carbocycles. The predicted octanol–water partition coefficient (Wildman–Crippen LogP) is 2.61. The maximum Gasteiger partial charge on any atom is 0.221 e. The normalized spacial score (nSPS) is 13.2. The molecular formula is C15H20N2O2. The van der Waals surface area contributed by atoms with Gasteiger partial charge >= 0.3 is 0 Å². The van der Waals surface area contributed by atoms with Crippen molar-refractivity contribution >= 4 is 5.91 Å². The van der Waals surface area contributed by atoms with Gasteiger partial charge in [-0.15, -0.1) is 0 Å². The lowest BCUT2D eigenvalue weighted by Gasteiger charge is -2.14. The van der Waals surface area contributed by atoms with Gasteiger partial charge in [-0.3, -0.25) is 4.79 Å². The van der Waals surface area contributed by atoms with Gasteiger partial charge in [-0.05, 0) is 31.0 Å². The van der Waals surface area contributed by atoms with Crippen LogP contribution in [0.15, 0.2) is 24.3 Å². The number of hydrogen-bond acceptors (Lipinski definition) is 3. The summed E-state index contributed by atoms with van der Waals surface area (Å²) in [5.41, 5.74) is 0.836. The molecule has 0 saturated carbocycles. The lowest BCUT2D eigenvalue weighted by molar-refractivity contribution is -0.121. The minimum absolute atomic E-state index is 0.0864. The molecule has 2 unspecified atom stereocenters. The monoisotopic (exact) mass is 260 g/mol. The Morgan fingerprint density at radius 2 is 2.05 bits per heavy atom. The summed E-state index contributed by atoms with van der Waals surface area (Å²) in [5, 5.41) is 12.1. The molecule has 0 radical (unpaired) electrons. The first kappa shape index (κ1) is 15.0. The number of carbonyl (C=O) groups is 1. The molecule has 0 aliphatic rings. The molecule has 0 saturated heterocycles. The maximum atomic E-state index is 11.8. The van der Waals surface area contributed by atoms with E-state index in [2.05, 4.69) is 11.4 Å². The second kappa shape index (κ2) is 7.42. The van der Waals surface area contributed by atoms with Crippen LogP contribution in [0, 0.1) is 11.3 Å². The highest BCUT2D eigenvalue weighted by Gasteiger charge is 2.16. The molecule has 4 heteroatoms. The van der Waals surface area contributed by atoms with Gasteiger partial charge in [0.05, 0.1) is 19.1 Å². The summed E-state index contributed by atoms with van der Waals surface area (Å²) < 4.78 is 5.07. The summed E-state index contributed by atoms with van der Waals surface area (Å²) in [6, 6.07) is 9.56. The van der Waals surface area contributed by atoms with Crippen LogP contribution >= 0.6 is 0 Å². The number of nitriles is 1. The molecule has 1 aromatic rings. The lowest BCUT2D eigenvalue weighted by Crippen LogP contribution is -2.32. The highest BCUT2D eigenvalue weighted by molar-refractivity contribution is 5.77. The second-order valence-electron chi connectivity index (χ2n) is 4.54. The number of hydrogen-bond donors (Lipinski definition) is 1. The smallest absolute Gasteiger partial charge is 0.221 e. The molecule has 19 heavy (non-hydrogen) atoms. The van der Waals surface area contributed by atoms with Crippen LogP contribution in [-0.2, 0) is 4.79 Å². The zero-order valence-corrected chi connectivity index (χ0v) is 11.6. The average molecular weight is 260 g/mol. The summed E-state index contributed by atoms with van der Waals surface area (Å²) in [6.45, 7) is 3.96. The molecule has 0 aromatic heterocycles. The molecule has 2 atom stereocenters. The van der Waals surface area contributed by atoms with Gasteiger partial charge in [-0.2, -0.15) is 5.26 Å². The molecule has 0 aliphatic heterocycles.